The van der Waals surface area contributed by atoms with Crippen LogP contribution in [0.3, 0.4) is 0 Å². The van der Waals surface area contributed by atoms with Gasteiger partial charge in [0.1, 0.15) is 6.10 Å². The zero-order valence-corrected chi connectivity index (χ0v) is 8.07. The van der Waals surface area contributed by atoms with Gasteiger partial charge in [0.05, 0.1) is 6.26 Å². The monoisotopic (exact) mass is 176 g/mol. The molecular formula is C12H16O. The molecule has 0 amide bonds. The maximum absolute atomic E-state index is 5.43. The lowest BCUT2D eigenvalue weighted by Gasteiger charge is -2.15. The molecular weight excluding hydrogens is 160 g/mol. The van der Waals surface area contributed by atoms with Crippen molar-refractivity contribution in [2.24, 2.45) is 0 Å². The first-order chi connectivity index (χ1) is 6.38. The van der Waals surface area contributed by atoms with E-state index in [1.807, 2.05) is 18.2 Å². The van der Waals surface area contributed by atoms with Crippen LogP contribution in [0.1, 0.15) is 31.4 Å². The van der Waals surface area contributed by atoms with Crippen molar-refractivity contribution in [1.82, 2.24) is 0 Å². The third-order valence-electron chi connectivity index (χ3n) is 1.98. The van der Waals surface area contributed by atoms with Crippen LogP contribution >= 0.6 is 0 Å². The highest BCUT2D eigenvalue weighted by molar-refractivity contribution is 5.17. The Hall–Kier alpha value is -1.24. The standard InChI is InChI=1S/C12H16O/c1-3-8-12(13-4-2)11-9-6-5-7-10-11/h4-7,9-10,12H,2-3,8H2,1H3/t12-/m1/s1. The lowest BCUT2D eigenvalue weighted by molar-refractivity contribution is 0.137. The molecule has 0 aliphatic heterocycles. The van der Waals surface area contributed by atoms with Crippen LogP contribution in [0, 0.1) is 0 Å². The Morgan fingerprint density at radius 2 is 2.08 bits per heavy atom. The number of rotatable bonds is 5. The molecule has 1 heteroatoms. The lowest BCUT2D eigenvalue weighted by atomic mass is 10.1. The molecule has 1 rings (SSSR count). The van der Waals surface area contributed by atoms with E-state index in [1.54, 1.807) is 0 Å². The van der Waals surface area contributed by atoms with E-state index in [0.717, 1.165) is 12.8 Å². The van der Waals surface area contributed by atoms with Gasteiger partial charge in [0, 0.05) is 0 Å². The van der Waals surface area contributed by atoms with Gasteiger partial charge in [-0.2, -0.15) is 0 Å². The predicted molar refractivity (Wildman–Crippen MR) is 55.4 cm³/mol. The Balaban J connectivity index is 2.69. The molecule has 0 bridgehead atoms. The van der Waals surface area contributed by atoms with Gasteiger partial charge in [0.25, 0.3) is 0 Å². The Morgan fingerprint density at radius 3 is 2.62 bits per heavy atom. The van der Waals surface area contributed by atoms with Gasteiger partial charge in [-0.05, 0) is 12.0 Å². The predicted octanol–water partition coefficient (Wildman–Crippen LogP) is 3.69. The first-order valence-electron chi connectivity index (χ1n) is 4.69. The van der Waals surface area contributed by atoms with Crippen molar-refractivity contribution >= 4 is 0 Å². The molecule has 0 aromatic heterocycles. The van der Waals surface area contributed by atoms with Crippen molar-refractivity contribution in [1.29, 1.82) is 0 Å². The number of benzene rings is 1. The lowest BCUT2D eigenvalue weighted by Crippen LogP contribution is -1.99. The molecule has 1 atom stereocenters. The molecule has 0 radical (unpaired) electrons. The molecule has 0 aliphatic rings. The van der Waals surface area contributed by atoms with Crippen molar-refractivity contribution in [3.63, 3.8) is 0 Å². The maximum atomic E-state index is 5.43. The summed E-state index contributed by atoms with van der Waals surface area (Å²) in [6, 6.07) is 10.3. The fourth-order valence-electron chi connectivity index (χ4n) is 1.36. The third kappa shape index (κ3) is 2.94. The zero-order valence-electron chi connectivity index (χ0n) is 8.07. The summed E-state index contributed by atoms with van der Waals surface area (Å²) in [5.41, 5.74) is 1.23. The molecule has 0 saturated heterocycles. The molecule has 1 nitrogen and oxygen atoms in total. The minimum Gasteiger partial charge on any atom is -0.494 e. The van der Waals surface area contributed by atoms with E-state index in [9.17, 15) is 0 Å². The van der Waals surface area contributed by atoms with E-state index >= 15 is 0 Å². The summed E-state index contributed by atoms with van der Waals surface area (Å²) in [5.74, 6) is 0. The van der Waals surface area contributed by atoms with Gasteiger partial charge >= 0.3 is 0 Å². The van der Waals surface area contributed by atoms with Crippen LogP contribution < -0.4 is 0 Å². The number of ether oxygens (including phenoxy) is 1. The number of hydrogen-bond donors (Lipinski definition) is 0. The normalized spacial score (nSPS) is 12.1. The average Bonchev–Trinajstić information content (AvgIpc) is 2.19. The summed E-state index contributed by atoms with van der Waals surface area (Å²) < 4.78 is 5.43. The first-order valence-corrected chi connectivity index (χ1v) is 4.69. The highest BCUT2D eigenvalue weighted by atomic mass is 16.5. The smallest absolute Gasteiger partial charge is 0.123 e. The number of hydrogen-bond acceptors (Lipinski definition) is 1. The van der Waals surface area contributed by atoms with Crippen LogP contribution in [0.25, 0.3) is 0 Å². The molecule has 13 heavy (non-hydrogen) atoms. The summed E-state index contributed by atoms with van der Waals surface area (Å²) in [6.45, 7) is 5.74. The van der Waals surface area contributed by atoms with Gasteiger partial charge in [-0.15, -0.1) is 0 Å². The van der Waals surface area contributed by atoms with Gasteiger partial charge in [-0.25, -0.2) is 0 Å². The van der Waals surface area contributed by atoms with Crippen molar-refractivity contribution < 1.29 is 4.74 Å². The van der Waals surface area contributed by atoms with Crippen LogP contribution in [0.15, 0.2) is 43.2 Å². The van der Waals surface area contributed by atoms with E-state index < -0.39 is 0 Å². The fraction of sp³-hybridized carbons (Fsp3) is 0.333. The summed E-state index contributed by atoms with van der Waals surface area (Å²) in [5, 5.41) is 0. The second kappa shape index (κ2) is 5.41. The van der Waals surface area contributed by atoms with Gasteiger partial charge in [0.15, 0.2) is 0 Å². The van der Waals surface area contributed by atoms with E-state index in [0.29, 0.717) is 0 Å². The quantitative estimate of drug-likeness (QED) is 0.622. The summed E-state index contributed by atoms with van der Waals surface area (Å²) >= 11 is 0. The van der Waals surface area contributed by atoms with Gasteiger partial charge < -0.3 is 4.74 Å². The van der Waals surface area contributed by atoms with Crippen molar-refractivity contribution in [3.05, 3.63) is 48.7 Å². The summed E-state index contributed by atoms with van der Waals surface area (Å²) in [7, 11) is 0. The molecule has 0 unspecified atom stereocenters. The Bertz CT molecular complexity index is 241. The van der Waals surface area contributed by atoms with Gasteiger partial charge in [0.2, 0.25) is 0 Å². The molecule has 0 aliphatic carbocycles. The van der Waals surface area contributed by atoms with Gasteiger partial charge in [-0.1, -0.05) is 50.3 Å². The molecule has 70 valence electrons. The Kier molecular flexibility index (Phi) is 4.10. The fourth-order valence-corrected chi connectivity index (χ4v) is 1.36. The van der Waals surface area contributed by atoms with E-state index in [2.05, 4.69) is 25.6 Å². The topological polar surface area (TPSA) is 9.23 Å². The van der Waals surface area contributed by atoms with E-state index in [4.69, 9.17) is 4.74 Å². The zero-order chi connectivity index (χ0) is 9.52. The largest absolute Gasteiger partial charge is 0.494 e. The van der Waals surface area contributed by atoms with Crippen molar-refractivity contribution in [3.8, 4) is 0 Å². The van der Waals surface area contributed by atoms with Crippen LogP contribution in [0.2, 0.25) is 0 Å². The first kappa shape index (κ1) is 9.85. The van der Waals surface area contributed by atoms with E-state index in [-0.39, 0.29) is 6.10 Å². The highest BCUT2D eigenvalue weighted by Gasteiger charge is 2.08. The molecule has 0 saturated carbocycles. The van der Waals surface area contributed by atoms with Gasteiger partial charge in [-0.3, -0.25) is 0 Å². The molecule has 0 N–H and O–H groups in total. The summed E-state index contributed by atoms with van der Waals surface area (Å²) in [6.07, 6.45) is 3.85. The van der Waals surface area contributed by atoms with Crippen LogP contribution in [0.4, 0.5) is 0 Å². The summed E-state index contributed by atoms with van der Waals surface area (Å²) in [4.78, 5) is 0. The Morgan fingerprint density at radius 1 is 1.38 bits per heavy atom. The van der Waals surface area contributed by atoms with Crippen LogP contribution in [0.5, 0.6) is 0 Å². The second-order valence-electron chi connectivity index (χ2n) is 2.99. The second-order valence-corrected chi connectivity index (χ2v) is 2.99. The minimum atomic E-state index is 0.170. The van der Waals surface area contributed by atoms with Crippen LogP contribution in [-0.2, 0) is 4.74 Å². The molecule has 0 spiro atoms. The van der Waals surface area contributed by atoms with Crippen LogP contribution in [-0.4, -0.2) is 0 Å². The highest BCUT2D eigenvalue weighted by Crippen LogP contribution is 2.22. The minimum absolute atomic E-state index is 0.170. The maximum Gasteiger partial charge on any atom is 0.123 e. The van der Waals surface area contributed by atoms with E-state index in [1.165, 1.54) is 11.8 Å². The Labute approximate surface area is 80.0 Å². The molecule has 0 fully saturated rings. The molecule has 0 heterocycles. The molecule has 1 aromatic rings. The third-order valence-corrected chi connectivity index (χ3v) is 1.98. The average molecular weight is 176 g/mol. The molecule has 1 aromatic carbocycles. The SMILES string of the molecule is C=CO[C@H](CCC)c1ccccc1. The van der Waals surface area contributed by atoms with Crippen molar-refractivity contribution in [2.45, 2.75) is 25.9 Å². The van der Waals surface area contributed by atoms with Crippen molar-refractivity contribution in [2.75, 3.05) is 0 Å².